The van der Waals surface area contributed by atoms with Crippen molar-refractivity contribution in [2.45, 2.75) is 321 Å². The van der Waals surface area contributed by atoms with Crippen LogP contribution in [0.2, 0.25) is 0 Å². The number of carbonyl (C=O) groups excluding carboxylic acids is 9. The summed E-state index contributed by atoms with van der Waals surface area (Å²) in [6.07, 6.45) is 4.11. The van der Waals surface area contributed by atoms with Gasteiger partial charge in [-0.05, 0) is 212 Å². The Kier molecular flexibility index (Phi) is 125. The van der Waals surface area contributed by atoms with E-state index >= 15 is 0 Å². The molecule has 766 valence electrons. The van der Waals surface area contributed by atoms with Gasteiger partial charge in [0.2, 0.25) is 0 Å². The Bertz CT molecular complexity index is 3400. The largest absolute Gasteiger partial charge is 0.508 e. The molecule has 6 atom stereocenters. The molecule has 130 heavy (non-hydrogen) atoms. The summed E-state index contributed by atoms with van der Waals surface area (Å²) in [6.45, 7) is 37.0. The molecule has 0 spiro atoms. The number of para-hydroxylation sites is 1. The maximum absolute atomic E-state index is 11.7. The van der Waals surface area contributed by atoms with Crippen LogP contribution in [0.5, 0.6) is 23.0 Å². The molecule has 0 aliphatic carbocycles. The molecule has 4 aromatic carbocycles. The average Bonchev–Trinajstić information content (AvgIpc) is 0.840. The number of nitriles is 3. The molecule has 0 heterocycles. The third-order valence-corrected chi connectivity index (χ3v) is 16.9. The number of urea groups is 2. The molecule has 0 aliphatic heterocycles. The molecule has 6 unspecified atom stereocenters. The summed E-state index contributed by atoms with van der Waals surface area (Å²) in [5, 5.41) is 99.1. The van der Waals surface area contributed by atoms with E-state index in [4.69, 9.17) is 64.6 Å². The number of benzene rings is 4. The second-order valence-electron chi connectivity index (χ2n) is 28.4. The smallest absolute Gasteiger partial charge is 0.342 e. The van der Waals surface area contributed by atoms with Crippen LogP contribution in [0.25, 0.3) is 0 Å². The van der Waals surface area contributed by atoms with E-state index in [1.807, 2.05) is 104 Å². The van der Waals surface area contributed by atoms with Gasteiger partial charge in [0.1, 0.15) is 87.0 Å². The van der Waals surface area contributed by atoms with Crippen LogP contribution in [0.15, 0.2) is 97.1 Å². The molecule has 4 amide bonds. The van der Waals surface area contributed by atoms with Crippen molar-refractivity contribution >= 4 is 65.2 Å². The van der Waals surface area contributed by atoms with Gasteiger partial charge in [-0.25, -0.2) is 19.2 Å². The topological polar surface area (TPSA) is 479 Å². The van der Waals surface area contributed by atoms with Crippen LogP contribution in [0.3, 0.4) is 0 Å². The number of ether oxygens (including phenoxy) is 7. The van der Waals surface area contributed by atoms with E-state index in [2.05, 4.69) is 44.2 Å². The summed E-state index contributed by atoms with van der Waals surface area (Å²) in [6, 6.07) is 29.3. The number of rotatable bonds is 33. The van der Waals surface area contributed by atoms with Crippen LogP contribution in [0.1, 0.15) is 329 Å². The normalized spacial score (nSPS) is 10.5. The molecule has 0 saturated heterocycles. The Hall–Kier alpha value is -10.7. The van der Waals surface area contributed by atoms with E-state index in [9.17, 15) is 58.5 Å². The number of nitrogens with one attached hydrogen (secondary N) is 4. The molecular formula is C100H193N7O23. The predicted octanol–water partition coefficient (Wildman–Crippen LogP) is 24.2. The maximum atomic E-state index is 11.7. The lowest BCUT2D eigenvalue weighted by Gasteiger charge is -2.21. The van der Waals surface area contributed by atoms with E-state index in [1.165, 1.54) is 60.7 Å². The highest BCUT2D eigenvalue weighted by Gasteiger charge is 2.31. The molecule has 30 heteroatoms. The zero-order chi connectivity index (χ0) is 88.2. The lowest BCUT2D eigenvalue weighted by molar-refractivity contribution is -0.158. The van der Waals surface area contributed by atoms with Gasteiger partial charge in [-0.2, -0.15) is 15.8 Å². The Morgan fingerprint density at radius 3 is 0.885 bits per heavy atom. The molecule has 30 nitrogen and oxygen atoms in total. The second kappa shape index (κ2) is 95.8. The van der Waals surface area contributed by atoms with E-state index < -0.39 is 69.8 Å². The Balaban J connectivity index is -0.0000000604. The highest BCUT2D eigenvalue weighted by Crippen LogP contribution is 2.25. The first-order chi connectivity index (χ1) is 53.4. The number of aromatic hydroxyl groups is 4. The molecule has 4 aromatic rings. The molecular weight excluding hydrogens is 1670 g/mol. The van der Waals surface area contributed by atoms with Gasteiger partial charge in [-0.3, -0.25) is 24.0 Å². The third-order valence-electron chi connectivity index (χ3n) is 16.9. The van der Waals surface area contributed by atoms with Crippen molar-refractivity contribution in [1.29, 1.82) is 15.8 Å². The SMILES string of the molecule is C.C.C.C.C.C.C.C.C.C.C.C.C.C.C.C.CCC(C)(C)C(=O)OCC(O)COC(=O)c1ccc(O)cc1.CCC(C)(C)C(=O)OCC(O)COC(=O)c1ccccc1O.CCC(C)(C)C(=O)OCCNC(=O)Nc1ccc(O)cc1.CCC(C)(C)C(=O)OCCNC(=O)Nc1ccc(O)cc1.CCC(C)C#N.CCC(C)C#N.CCC(C)C#N.CCC(C)C(=O)OCCO. The van der Waals surface area contributed by atoms with Crippen LogP contribution < -0.4 is 21.3 Å². The quantitative estimate of drug-likeness (QED) is 0.00913. The zero-order valence-corrected chi connectivity index (χ0v) is 70.4. The van der Waals surface area contributed by atoms with Crippen LogP contribution in [-0.4, -0.2) is 168 Å². The van der Waals surface area contributed by atoms with Crippen LogP contribution in [0.4, 0.5) is 21.0 Å². The number of carbonyl (C=O) groups is 9. The van der Waals surface area contributed by atoms with E-state index in [-0.39, 0.29) is 260 Å². The van der Waals surface area contributed by atoms with Crippen molar-refractivity contribution in [2.75, 3.05) is 76.6 Å². The third kappa shape index (κ3) is 82.9. The number of hydrogen-bond acceptors (Lipinski definition) is 26. The number of hydrogen-bond donors (Lipinski definition) is 11. The predicted molar refractivity (Wildman–Crippen MR) is 540 cm³/mol. The van der Waals surface area contributed by atoms with E-state index in [0.717, 1.165) is 25.7 Å². The van der Waals surface area contributed by atoms with Gasteiger partial charge in [0.25, 0.3) is 0 Å². The van der Waals surface area contributed by atoms with Crippen molar-refractivity contribution in [3.8, 4) is 41.2 Å². The molecule has 4 rings (SSSR count). The summed E-state index contributed by atoms with van der Waals surface area (Å²) in [5.74, 6) is -2.19. The van der Waals surface area contributed by atoms with Crippen LogP contribution in [-0.2, 0) is 57.1 Å². The molecule has 0 saturated carbocycles. The van der Waals surface area contributed by atoms with E-state index in [0.29, 0.717) is 37.1 Å². The summed E-state index contributed by atoms with van der Waals surface area (Å²) in [7, 11) is 0. The van der Waals surface area contributed by atoms with Gasteiger partial charge in [0.05, 0.1) is 71.0 Å². The summed E-state index contributed by atoms with van der Waals surface area (Å²) < 4.78 is 34.6. The first kappa shape index (κ1) is 169. The van der Waals surface area contributed by atoms with Crippen molar-refractivity contribution in [3.05, 3.63) is 108 Å². The Morgan fingerprint density at radius 2 is 0.631 bits per heavy atom. The minimum Gasteiger partial charge on any atom is -0.508 e. The van der Waals surface area contributed by atoms with Gasteiger partial charge < -0.3 is 90.2 Å². The number of amides is 4. The number of esters is 7. The van der Waals surface area contributed by atoms with Gasteiger partial charge >= 0.3 is 53.8 Å². The number of anilines is 2. The Morgan fingerprint density at radius 1 is 0.362 bits per heavy atom. The van der Waals surface area contributed by atoms with Crippen LogP contribution in [0, 0.1) is 79.3 Å². The van der Waals surface area contributed by atoms with Crippen molar-refractivity contribution in [1.82, 2.24) is 10.6 Å². The lowest BCUT2D eigenvalue weighted by atomic mass is 9.91. The summed E-state index contributed by atoms with van der Waals surface area (Å²) in [4.78, 5) is 104. The monoisotopic (exact) mass is 1860 g/mol. The fourth-order valence-corrected chi connectivity index (χ4v) is 6.33. The maximum Gasteiger partial charge on any atom is 0.342 e. The number of aliphatic hydroxyl groups excluding tert-OH is 3. The highest BCUT2D eigenvalue weighted by atomic mass is 16.6. The summed E-state index contributed by atoms with van der Waals surface area (Å²) in [5.41, 5.74) is -0.839. The Labute approximate surface area is 792 Å². The average molecular weight is 1860 g/mol. The molecule has 0 aliphatic rings. The fraction of sp³-hybridized carbons (Fsp3) is 0.640. The van der Waals surface area contributed by atoms with Crippen molar-refractivity contribution in [2.24, 2.45) is 45.3 Å². The lowest BCUT2D eigenvalue weighted by Crippen LogP contribution is -2.34. The van der Waals surface area contributed by atoms with Crippen molar-refractivity contribution in [3.63, 3.8) is 0 Å². The first-order valence-corrected chi connectivity index (χ1v) is 38.0. The van der Waals surface area contributed by atoms with Gasteiger partial charge in [-0.15, -0.1) is 0 Å². The number of phenols is 4. The fourth-order valence-electron chi connectivity index (χ4n) is 6.33. The molecule has 11 N–H and O–H groups in total. The molecule has 0 aromatic heterocycles. The highest BCUT2D eigenvalue weighted by molar-refractivity contribution is 5.92. The molecule has 0 fully saturated rings. The van der Waals surface area contributed by atoms with Crippen LogP contribution >= 0.6 is 0 Å². The van der Waals surface area contributed by atoms with Gasteiger partial charge in [-0.1, -0.05) is 193 Å². The summed E-state index contributed by atoms with van der Waals surface area (Å²) >= 11 is 0. The zero-order valence-electron chi connectivity index (χ0n) is 70.4. The minimum atomic E-state index is -1.12. The van der Waals surface area contributed by atoms with Gasteiger partial charge in [0, 0.05) is 29.1 Å². The first-order valence-electron chi connectivity index (χ1n) is 38.0. The van der Waals surface area contributed by atoms with Crippen molar-refractivity contribution < 1.29 is 112 Å². The minimum absolute atomic E-state index is 0. The number of nitrogens with zero attached hydrogens (tertiary/aromatic N) is 3. The van der Waals surface area contributed by atoms with E-state index in [1.54, 1.807) is 71.0 Å². The second-order valence-corrected chi connectivity index (χ2v) is 28.4. The molecule has 0 radical (unpaired) electrons. The molecule has 0 bridgehead atoms. The van der Waals surface area contributed by atoms with Gasteiger partial charge in [0.15, 0.2) is 0 Å². The number of aliphatic hydroxyl groups is 3. The standard InChI is InChI=1S/2C16H22O6.2C15H22N2O4.C7H14O3.3C5H9N.16CH4/c1-4-16(2,3)15(20)22-10-13(18)9-21-14(19)11-5-7-12(17)8-6-11;1-4-16(2,3)15(20)22-10-11(17)9-21-14(19)12-7-5-6-8-13(12)18;2*1-4-15(2,3)13(19)21-10-9-16-14(20)17-11-5-7-12(18)8-6-11;1-3-6(2)7(9)10-5-4-8;3*1-3-5(2)4-6;;;;;;;;;;;;;;;;/h5-8,13,17-18H,4,9-10H2,1-3H3;5-8,11,17-18H,4,9-10H2,1-3H3;2*5-8,18H,4,9-10H2,1-3H3,(H2,16,17,20);6,8H,3-5H2,1-2H3;3*5H,3H2,1-2H3;16*1H4. The number of phenolic OH excluding ortho intramolecular Hbond substituents is 4.